The van der Waals surface area contributed by atoms with Crippen LogP contribution in [0.1, 0.15) is 24.0 Å². The minimum atomic E-state index is -0.138. The van der Waals surface area contributed by atoms with Crippen molar-refractivity contribution >= 4 is 0 Å². The first-order chi connectivity index (χ1) is 10.1. The van der Waals surface area contributed by atoms with Crippen molar-refractivity contribution in [1.82, 2.24) is 4.90 Å². The summed E-state index contributed by atoms with van der Waals surface area (Å²) in [5, 5.41) is 18.2. The standard InChI is InChI=1S/C17H23NO3/c1-18(11-13-8-16(20)9-13)12-15-10-17(21-2)6-5-14(15)4-3-7-19/h5-6,10,13,16,19-20H,7-9,11-12H2,1-2H3. The van der Waals surface area contributed by atoms with E-state index < -0.39 is 0 Å². The van der Waals surface area contributed by atoms with Gasteiger partial charge in [0.1, 0.15) is 12.4 Å². The Hall–Kier alpha value is -1.54. The summed E-state index contributed by atoms with van der Waals surface area (Å²) in [6.07, 6.45) is 1.70. The third-order valence-electron chi connectivity index (χ3n) is 3.84. The number of benzene rings is 1. The third-order valence-corrected chi connectivity index (χ3v) is 3.84. The second kappa shape index (κ2) is 7.46. The second-order valence-corrected chi connectivity index (χ2v) is 5.67. The summed E-state index contributed by atoms with van der Waals surface area (Å²) in [6, 6.07) is 5.80. The fourth-order valence-electron chi connectivity index (χ4n) is 2.73. The maximum absolute atomic E-state index is 9.35. The monoisotopic (exact) mass is 289 g/mol. The van der Waals surface area contributed by atoms with Gasteiger partial charge in [-0.2, -0.15) is 0 Å². The molecule has 0 amide bonds. The molecule has 1 aliphatic carbocycles. The van der Waals surface area contributed by atoms with Crippen molar-refractivity contribution in [2.75, 3.05) is 27.3 Å². The van der Waals surface area contributed by atoms with E-state index in [0.29, 0.717) is 5.92 Å². The molecule has 0 heterocycles. The molecule has 4 nitrogen and oxygen atoms in total. The van der Waals surface area contributed by atoms with Crippen molar-refractivity contribution in [2.24, 2.45) is 5.92 Å². The summed E-state index contributed by atoms with van der Waals surface area (Å²) < 4.78 is 5.27. The van der Waals surface area contributed by atoms with Crippen LogP contribution in [-0.2, 0) is 6.54 Å². The van der Waals surface area contributed by atoms with Crippen LogP contribution in [0, 0.1) is 17.8 Å². The van der Waals surface area contributed by atoms with Crippen molar-refractivity contribution in [3.05, 3.63) is 29.3 Å². The molecule has 114 valence electrons. The van der Waals surface area contributed by atoms with Gasteiger partial charge in [-0.1, -0.05) is 11.8 Å². The zero-order valence-electron chi connectivity index (χ0n) is 12.7. The Bertz CT molecular complexity index is 527. The molecule has 1 aromatic carbocycles. The topological polar surface area (TPSA) is 52.9 Å². The molecule has 0 aromatic heterocycles. The molecular weight excluding hydrogens is 266 g/mol. The highest BCUT2D eigenvalue weighted by Crippen LogP contribution is 2.28. The van der Waals surface area contributed by atoms with Gasteiger partial charge in [-0.25, -0.2) is 0 Å². The predicted molar refractivity (Wildman–Crippen MR) is 82.0 cm³/mol. The van der Waals surface area contributed by atoms with Crippen LogP contribution >= 0.6 is 0 Å². The first kappa shape index (κ1) is 15.8. The quantitative estimate of drug-likeness (QED) is 0.801. The number of rotatable bonds is 5. The van der Waals surface area contributed by atoms with E-state index in [2.05, 4.69) is 23.8 Å². The highest BCUT2D eigenvalue weighted by atomic mass is 16.5. The van der Waals surface area contributed by atoms with E-state index in [-0.39, 0.29) is 12.7 Å². The van der Waals surface area contributed by atoms with Crippen LogP contribution < -0.4 is 4.74 Å². The van der Waals surface area contributed by atoms with Crippen molar-refractivity contribution in [2.45, 2.75) is 25.5 Å². The van der Waals surface area contributed by atoms with Crippen molar-refractivity contribution in [3.63, 3.8) is 0 Å². The molecule has 0 saturated heterocycles. The summed E-state index contributed by atoms with van der Waals surface area (Å²) in [4.78, 5) is 2.25. The Morgan fingerprint density at radius 3 is 2.76 bits per heavy atom. The van der Waals surface area contributed by atoms with Crippen LogP contribution in [0.15, 0.2) is 18.2 Å². The minimum absolute atomic E-state index is 0.105. The maximum atomic E-state index is 9.35. The van der Waals surface area contributed by atoms with Gasteiger partial charge in [0.15, 0.2) is 0 Å². The first-order valence-corrected chi connectivity index (χ1v) is 7.25. The summed E-state index contributed by atoms with van der Waals surface area (Å²) in [6.45, 7) is 1.61. The second-order valence-electron chi connectivity index (χ2n) is 5.67. The Labute approximate surface area is 126 Å². The lowest BCUT2D eigenvalue weighted by atomic mass is 9.82. The smallest absolute Gasteiger partial charge is 0.119 e. The molecule has 2 N–H and O–H groups in total. The van der Waals surface area contributed by atoms with E-state index in [1.165, 1.54) is 0 Å². The molecule has 0 radical (unpaired) electrons. The molecule has 2 rings (SSSR count). The van der Waals surface area contributed by atoms with Crippen LogP contribution in [0.5, 0.6) is 5.75 Å². The lowest BCUT2D eigenvalue weighted by Gasteiger charge is -2.34. The summed E-state index contributed by atoms with van der Waals surface area (Å²) in [7, 11) is 3.73. The largest absolute Gasteiger partial charge is 0.497 e. The summed E-state index contributed by atoms with van der Waals surface area (Å²) >= 11 is 0. The molecular formula is C17H23NO3. The highest BCUT2D eigenvalue weighted by molar-refractivity contribution is 5.45. The number of hydrogen-bond donors (Lipinski definition) is 2. The average molecular weight is 289 g/mol. The SMILES string of the molecule is COc1ccc(C#CCO)c(CN(C)CC2CC(O)C2)c1. The van der Waals surface area contributed by atoms with E-state index in [1.807, 2.05) is 18.2 Å². The maximum Gasteiger partial charge on any atom is 0.119 e. The molecule has 1 aromatic rings. The first-order valence-electron chi connectivity index (χ1n) is 7.25. The highest BCUT2D eigenvalue weighted by Gasteiger charge is 2.27. The Kier molecular flexibility index (Phi) is 5.63. The average Bonchev–Trinajstić information content (AvgIpc) is 2.44. The summed E-state index contributed by atoms with van der Waals surface area (Å²) in [5.74, 6) is 7.08. The predicted octanol–water partition coefficient (Wildman–Crippen LogP) is 1.24. The van der Waals surface area contributed by atoms with E-state index >= 15 is 0 Å². The number of nitrogens with zero attached hydrogens (tertiary/aromatic N) is 1. The lowest BCUT2D eigenvalue weighted by Crippen LogP contribution is -2.36. The van der Waals surface area contributed by atoms with E-state index in [4.69, 9.17) is 9.84 Å². The fourth-order valence-corrected chi connectivity index (χ4v) is 2.73. The van der Waals surface area contributed by atoms with Crippen LogP contribution in [0.4, 0.5) is 0 Å². The number of methoxy groups -OCH3 is 1. The molecule has 21 heavy (non-hydrogen) atoms. The van der Waals surface area contributed by atoms with Gasteiger partial charge in [0, 0.05) is 18.7 Å². The Morgan fingerprint density at radius 1 is 1.38 bits per heavy atom. The van der Waals surface area contributed by atoms with Gasteiger partial charge in [-0.3, -0.25) is 0 Å². The molecule has 0 unspecified atom stereocenters. The zero-order chi connectivity index (χ0) is 15.2. The molecule has 1 fully saturated rings. The zero-order valence-corrected chi connectivity index (χ0v) is 12.7. The van der Waals surface area contributed by atoms with Gasteiger partial charge in [-0.15, -0.1) is 0 Å². The van der Waals surface area contributed by atoms with Crippen molar-refractivity contribution < 1.29 is 14.9 Å². The molecule has 0 spiro atoms. The summed E-state index contributed by atoms with van der Waals surface area (Å²) in [5.41, 5.74) is 2.02. The minimum Gasteiger partial charge on any atom is -0.497 e. The van der Waals surface area contributed by atoms with Gasteiger partial charge in [0.05, 0.1) is 13.2 Å². The third kappa shape index (κ3) is 4.47. The molecule has 0 aliphatic heterocycles. The van der Waals surface area contributed by atoms with Gasteiger partial charge in [-0.05, 0) is 49.6 Å². The molecule has 4 heteroatoms. The van der Waals surface area contributed by atoms with E-state index in [1.54, 1.807) is 7.11 Å². The lowest BCUT2D eigenvalue weighted by molar-refractivity contribution is 0.0273. The van der Waals surface area contributed by atoms with Crippen LogP contribution in [0.2, 0.25) is 0 Å². The van der Waals surface area contributed by atoms with Gasteiger partial charge >= 0.3 is 0 Å². The van der Waals surface area contributed by atoms with Crippen LogP contribution in [-0.4, -0.2) is 48.5 Å². The molecule has 0 atom stereocenters. The van der Waals surface area contributed by atoms with Crippen molar-refractivity contribution in [3.8, 4) is 17.6 Å². The van der Waals surface area contributed by atoms with E-state index in [0.717, 1.165) is 42.8 Å². The number of aliphatic hydroxyl groups excluding tert-OH is 2. The van der Waals surface area contributed by atoms with Crippen LogP contribution in [0.3, 0.4) is 0 Å². The Balaban J connectivity index is 2.05. The van der Waals surface area contributed by atoms with Gasteiger partial charge < -0.3 is 19.8 Å². The Morgan fingerprint density at radius 2 is 2.14 bits per heavy atom. The van der Waals surface area contributed by atoms with Crippen LogP contribution in [0.25, 0.3) is 0 Å². The molecule has 1 saturated carbocycles. The fraction of sp³-hybridized carbons (Fsp3) is 0.529. The van der Waals surface area contributed by atoms with Gasteiger partial charge in [0.2, 0.25) is 0 Å². The number of aliphatic hydroxyl groups is 2. The molecule has 1 aliphatic rings. The normalized spacial score (nSPS) is 20.6. The van der Waals surface area contributed by atoms with Crippen molar-refractivity contribution in [1.29, 1.82) is 0 Å². The molecule has 0 bridgehead atoms. The number of ether oxygens (including phenoxy) is 1. The number of hydrogen-bond acceptors (Lipinski definition) is 4. The van der Waals surface area contributed by atoms with Gasteiger partial charge in [0.25, 0.3) is 0 Å². The van der Waals surface area contributed by atoms with E-state index in [9.17, 15) is 5.11 Å².